The molecule has 156 valence electrons. The molecule has 6 heteroatoms. The van der Waals surface area contributed by atoms with Crippen molar-refractivity contribution in [1.82, 2.24) is 0 Å². The largest absolute Gasteiger partial charge is 0.497 e. The lowest BCUT2D eigenvalue weighted by molar-refractivity contribution is -0.112. The number of carbonyl (C=O) groups excluding carboxylic acids is 1. The number of benzene rings is 3. The summed E-state index contributed by atoms with van der Waals surface area (Å²) in [5.41, 5.74) is 3.82. The molecule has 3 aromatic carbocycles. The van der Waals surface area contributed by atoms with Gasteiger partial charge in [-0.2, -0.15) is 5.26 Å². The Morgan fingerprint density at radius 2 is 1.81 bits per heavy atom. The molecule has 0 radical (unpaired) electrons. The second kappa shape index (κ2) is 10.2. The van der Waals surface area contributed by atoms with E-state index >= 15 is 0 Å². The van der Waals surface area contributed by atoms with Crippen LogP contribution in [0.5, 0.6) is 5.75 Å². The smallest absolute Gasteiger partial charge is 0.266 e. The summed E-state index contributed by atoms with van der Waals surface area (Å²) in [5.74, 6) is 0.170. The molecule has 31 heavy (non-hydrogen) atoms. The van der Waals surface area contributed by atoms with Gasteiger partial charge >= 0.3 is 0 Å². The van der Waals surface area contributed by atoms with E-state index in [4.69, 9.17) is 27.9 Å². The van der Waals surface area contributed by atoms with Gasteiger partial charge in [-0.1, -0.05) is 53.5 Å². The first-order valence-electron chi connectivity index (χ1n) is 9.51. The van der Waals surface area contributed by atoms with E-state index < -0.39 is 5.91 Å². The summed E-state index contributed by atoms with van der Waals surface area (Å²) in [4.78, 5) is 12.8. The predicted octanol–water partition coefficient (Wildman–Crippen LogP) is 6.45. The van der Waals surface area contributed by atoms with Crippen molar-refractivity contribution in [3.8, 4) is 11.8 Å². The Morgan fingerprint density at radius 1 is 1.06 bits per heavy atom. The number of hydrogen-bond donors (Lipinski definition) is 1. The Hall–Kier alpha value is -3.26. The monoisotopic (exact) mass is 450 g/mol. The molecule has 0 aromatic heterocycles. The minimum absolute atomic E-state index is 0.0232. The van der Waals surface area contributed by atoms with Crippen LogP contribution >= 0.6 is 23.2 Å². The van der Waals surface area contributed by atoms with Crippen LogP contribution in [0.3, 0.4) is 0 Å². The van der Waals surface area contributed by atoms with E-state index in [0.29, 0.717) is 27.9 Å². The topological polar surface area (TPSA) is 62.1 Å². The highest BCUT2D eigenvalue weighted by Gasteiger charge is 2.14. The number of methoxy groups -OCH3 is 1. The molecular formula is C25H20Cl2N2O2. The first kappa shape index (κ1) is 22.4. The van der Waals surface area contributed by atoms with Gasteiger partial charge in [-0.15, -0.1) is 0 Å². The van der Waals surface area contributed by atoms with Crippen LogP contribution < -0.4 is 10.1 Å². The fraction of sp³-hybridized carbons (Fsp3) is 0.120. The average Bonchev–Trinajstić information content (AvgIpc) is 2.77. The summed E-state index contributed by atoms with van der Waals surface area (Å²) in [6, 6.07) is 20.3. The molecule has 3 rings (SSSR count). The fourth-order valence-electron chi connectivity index (χ4n) is 3.09. The van der Waals surface area contributed by atoms with E-state index in [1.165, 1.54) is 0 Å². The molecule has 0 fully saturated rings. The summed E-state index contributed by atoms with van der Waals surface area (Å²) < 4.78 is 5.35. The lowest BCUT2D eigenvalue weighted by atomic mass is 9.97. The summed E-state index contributed by atoms with van der Waals surface area (Å²) >= 11 is 12.5. The van der Waals surface area contributed by atoms with Crippen molar-refractivity contribution in [1.29, 1.82) is 5.26 Å². The van der Waals surface area contributed by atoms with Gasteiger partial charge in [0.05, 0.1) is 7.11 Å². The van der Waals surface area contributed by atoms with E-state index in [2.05, 4.69) is 5.32 Å². The molecule has 0 heterocycles. The number of anilines is 1. The zero-order valence-electron chi connectivity index (χ0n) is 17.1. The number of halogens is 2. The molecule has 0 saturated carbocycles. The number of nitrogens with one attached hydrogen (secondary N) is 1. The number of nitriles is 1. The molecular weight excluding hydrogens is 431 g/mol. The number of carbonyl (C=O) groups is 1. The van der Waals surface area contributed by atoms with Crippen LogP contribution in [-0.2, 0) is 11.2 Å². The molecule has 0 bridgehead atoms. The maximum Gasteiger partial charge on any atom is 0.266 e. The van der Waals surface area contributed by atoms with Crippen molar-refractivity contribution in [3.63, 3.8) is 0 Å². The minimum Gasteiger partial charge on any atom is -0.497 e. The Balaban J connectivity index is 1.96. The summed E-state index contributed by atoms with van der Waals surface area (Å²) in [6.45, 7) is 1.80. The van der Waals surface area contributed by atoms with Gasteiger partial charge in [0.15, 0.2) is 0 Å². The standard InChI is InChI=1S/C25H20Cl2N2O2/c1-16-22(26)8-5-9-24(16)29-25(30)20(15-28)12-17-10-11-21(31-2)14-19(17)13-18-6-3-4-7-23(18)27/h3-12,14H,13H2,1-2H3,(H,29,30)/b20-12+. The van der Waals surface area contributed by atoms with E-state index in [0.717, 1.165) is 22.3 Å². The maximum absolute atomic E-state index is 12.8. The first-order valence-corrected chi connectivity index (χ1v) is 10.3. The van der Waals surface area contributed by atoms with Crippen molar-refractivity contribution in [2.24, 2.45) is 0 Å². The quantitative estimate of drug-likeness (QED) is 0.346. The average molecular weight is 451 g/mol. The zero-order valence-corrected chi connectivity index (χ0v) is 18.6. The minimum atomic E-state index is -0.507. The van der Waals surface area contributed by atoms with Gasteiger partial charge in [-0.3, -0.25) is 4.79 Å². The highest BCUT2D eigenvalue weighted by Crippen LogP contribution is 2.27. The first-order chi connectivity index (χ1) is 14.9. The maximum atomic E-state index is 12.8. The second-order valence-corrected chi connectivity index (χ2v) is 7.68. The Kier molecular flexibility index (Phi) is 7.36. The molecule has 0 aliphatic heterocycles. The third kappa shape index (κ3) is 5.46. The molecule has 0 aliphatic carbocycles. The number of nitrogens with zero attached hydrogens (tertiary/aromatic N) is 1. The van der Waals surface area contributed by atoms with E-state index in [-0.39, 0.29) is 5.57 Å². The molecule has 3 aromatic rings. The highest BCUT2D eigenvalue weighted by atomic mass is 35.5. The lowest BCUT2D eigenvalue weighted by Gasteiger charge is -2.12. The molecule has 0 spiro atoms. The third-order valence-corrected chi connectivity index (χ3v) is 5.65. The Labute approximate surface area is 191 Å². The second-order valence-electron chi connectivity index (χ2n) is 6.87. The van der Waals surface area contributed by atoms with Gasteiger partial charge in [0.2, 0.25) is 0 Å². The zero-order chi connectivity index (χ0) is 22.4. The summed E-state index contributed by atoms with van der Waals surface area (Å²) in [7, 11) is 1.59. The van der Waals surface area contributed by atoms with Crippen molar-refractivity contribution in [2.45, 2.75) is 13.3 Å². The van der Waals surface area contributed by atoms with E-state index in [1.54, 1.807) is 44.4 Å². The van der Waals surface area contributed by atoms with Gasteiger partial charge in [-0.25, -0.2) is 0 Å². The summed E-state index contributed by atoms with van der Waals surface area (Å²) in [5, 5.41) is 13.6. The molecule has 0 aliphatic rings. The molecule has 0 unspecified atom stereocenters. The van der Waals surface area contributed by atoms with Crippen LogP contribution in [0.1, 0.15) is 22.3 Å². The van der Waals surface area contributed by atoms with Gasteiger partial charge in [0.1, 0.15) is 17.4 Å². The molecule has 0 saturated heterocycles. The third-order valence-electron chi connectivity index (χ3n) is 4.87. The van der Waals surface area contributed by atoms with E-state index in [1.807, 2.05) is 42.5 Å². The highest BCUT2D eigenvalue weighted by molar-refractivity contribution is 6.32. The van der Waals surface area contributed by atoms with Crippen LogP contribution in [0.25, 0.3) is 6.08 Å². The SMILES string of the molecule is COc1ccc(/C=C(\C#N)C(=O)Nc2cccc(Cl)c2C)c(Cc2ccccc2Cl)c1. The van der Waals surface area contributed by atoms with Crippen molar-refractivity contribution >= 4 is 40.9 Å². The molecule has 4 nitrogen and oxygen atoms in total. The normalized spacial score (nSPS) is 11.0. The fourth-order valence-corrected chi connectivity index (χ4v) is 3.46. The lowest BCUT2D eigenvalue weighted by Crippen LogP contribution is -2.14. The van der Waals surface area contributed by atoms with Crippen LogP contribution in [0, 0.1) is 18.3 Å². The van der Waals surface area contributed by atoms with Crippen LogP contribution in [0.15, 0.2) is 66.2 Å². The van der Waals surface area contributed by atoms with Gasteiger partial charge in [-0.05, 0) is 72.0 Å². The van der Waals surface area contributed by atoms with Crippen LogP contribution in [-0.4, -0.2) is 13.0 Å². The van der Waals surface area contributed by atoms with Crippen molar-refractivity contribution < 1.29 is 9.53 Å². The Bertz CT molecular complexity index is 1200. The van der Waals surface area contributed by atoms with Gasteiger partial charge < -0.3 is 10.1 Å². The van der Waals surface area contributed by atoms with Crippen molar-refractivity contribution in [2.75, 3.05) is 12.4 Å². The van der Waals surface area contributed by atoms with Crippen molar-refractivity contribution in [3.05, 3.63) is 98.5 Å². The molecule has 1 N–H and O–H groups in total. The molecule has 0 atom stereocenters. The van der Waals surface area contributed by atoms with Crippen LogP contribution in [0.4, 0.5) is 5.69 Å². The number of ether oxygens (including phenoxy) is 1. The van der Waals surface area contributed by atoms with Crippen LogP contribution in [0.2, 0.25) is 10.0 Å². The number of amides is 1. The number of hydrogen-bond acceptors (Lipinski definition) is 3. The number of rotatable bonds is 6. The summed E-state index contributed by atoms with van der Waals surface area (Å²) in [6.07, 6.45) is 2.09. The predicted molar refractivity (Wildman–Crippen MR) is 126 cm³/mol. The Morgan fingerprint density at radius 3 is 2.52 bits per heavy atom. The van der Waals surface area contributed by atoms with E-state index in [9.17, 15) is 10.1 Å². The van der Waals surface area contributed by atoms with Gasteiger partial charge in [0, 0.05) is 15.7 Å². The molecule has 1 amide bonds. The van der Waals surface area contributed by atoms with Gasteiger partial charge in [0.25, 0.3) is 5.91 Å².